The molecule has 1 fully saturated rings. The predicted octanol–water partition coefficient (Wildman–Crippen LogP) is 3.96. The molecule has 4 rings (SSSR count). The first kappa shape index (κ1) is 17.5. The van der Waals surface area contributed by atoms with Crippen molar-refractivity contribution in [3.8, 4) is 11.4 Å². The Bertz CT molecular complexity index is 936. The van der Waals surface area contributed by atoms with Crippen molar-refractivity contribution >= 4 is 17.3 Å². The highest BCUT2D eigenvalue weighted by molar-refractivity contribution is 7.80. The largest absolute Gasteiger partial charge is 0.508 e. The lowest BCUT2D eigenvalue weighted by Crippen LogP contribution is -2.36. The quantitative estimate of drug-likeness (QED) is 0.673. The number of pyridine rings is 1. The van der Waals surface area contributed by atoms with Gasteiger partial charge in [-0.15, -0.1) is 0 Å². The fourth-order valence-electron chi connectivity index (χ4n) is 3.72. The molecule has 1 saturated heterocycles. The molecule has 3 heterocycles. The number of phenols is 1. The lowest BCUT2D eigenvalue weighted by molar-refractivity contribution is 0.262. The number of nitrogens with one attached hydrogen (secondary N) is 1. The third-order valence-corrected chi connectivity index (χ3v) is 5.23. The summed E-state index contributed by atoms with van der Waals surface area (Å²) in [5.74, 6) is 0.256. The zero-order valence-corrected chi connectivity index (χ0v) is 16.1. The summed E-state index contributed by atoms with van der Waals surface area (Å²) in [5, 5.41) is 13.8. The van der Waals surface area contributed by atoms with Crippen molar-refractivity contribution in [2.75, 3.05) is 0 Å². The lowest BCUT2D eigenvalue weighted by Gasteiger charge is -2.31. The second kappa shape index (κ2) is 7.04. The SMILES string of the molecule is CC(C)N1C(=S)N[C@H](c2ccccn2)[C@@H]1c1cccn1-c1ccc(O)cc1. The highest BCUT2D eigenvalue weighted by Gasteiger charge is 2.42. The number of benzene rings is 1. The molecule has 5 nitrogen and oxygen atoms in total. The summed E-state index contributed by atoms with van der Waals surface area (Å²) < 4.78 is 2.14. The van der Waals surface area contributed by atoms with Gasteiger partial charge >= 0.3 is 0 Å². The van der Waals surface area contributed by atoms with E-state index in [4.69, 9.17) is 12.2 Å². The van der Waals surface area contributed by atoms with E-state index in [9.17, 15) is 5.11 Å². The number of aromatic hydroxyl groups is 1. The molecule has 0 unspecified atom stereocenters. The standard InChI is InChI=1S/C21H22N4OS/c1-14(2)25-20(19(23-21(25)27)17-6-3-4-12-22-17)18-7-5-13-24(18)15-8-10-16(26)11-9-15/h3-14,19-20,26H,1-2H3,(H,23,27)/t19-,20+/m1/s1. The van der Waals surface area contributed by atoms with E-state index in [1.807, 2.05) is 48.8 Å². The summed E-state index contributed by atoms with van der Waals surface area (Å²) in [6.07, 6.45) is 3.85. The molecule has 2 aromatic heterocycles. The molecule has 1 aliphatic heterocycles. The molecular formula is C21H22N4OS. The molecule has 1 aromatic carbocycles. The Kier molecular flexibility index (Phi) is 4.58. The van der Waals surface area contributed by atoms with Gasteiger partial charge in [0.05, 0.1) is 17.8 Å². The Morgan fingerprint density at radius 1 is 1.07 bits per heavy atom. The lowest BCUT2D eigenvalue weighted by atomic mass is 10.0. The van der Waals surface area contributed by atoms with Gasteiger partial charge in [0, 0.05) is 29.8 Å². The van der Waals surface area contributed by atoms with Gasteiger partial charge in [-0.3, -0.25) is 4.98 Å². The molecule has 1 aliphatic rings. The van der Waals surface area contributed by atoms with Crippen molar-refractivity contribution in [3.05, 3.63) is 78.4 Å². The van der Waals surface area contributed by atoms with Crippen LogP contribution in [0.3, 0.4) is 0 Å². The molecule has 0 saturated carbocycles. The molecule has 2 N–H and O–H groups in total. The van der Waals surface area contributed by atoms with Crippen molar-refractivity contribution < 1.29 is 5.11 Å². The summed E-state index contributed by atoms with van der Waals surface area (Å²) in [6.45, 7) is 4.30. The molecule has 0 radical (unpaired) electrons. The van der Waals surface area contributed by atoms with Crippen LogP contribution in [0.4, 0.5) is 0 Å². The highest BCUT2D eigenvalue weighted by atomic mass is 32.1. The Morgan fingerprint density at radius 2 is 1.85 bits per heavy atom. The zero-order chi connectivity index (χ0) is 19.0. The molecule has 0 spiro atoms. The third kappa shape index (κ3) is 3.17. The molecular weight excluding hydrogens is 356 g/mol. The summed E-state index contributed by atoms with van der Waals surface area (Å²) in [4.78, 5) is 6.81. The van der Waals surface area contributed by atoms with Crippen LogP contribution in [-0.2, 0) is 0 Å². The first-order valence-electron chi connectivity index (χ1n) is 9.02. The maximum Gasteiger partial charge on any atom is 0.170 e. The Labute approximate surface area is 164 Å². The van der Waals surface area contributed by atoms with E-state index in [0.717, 1.165) is 22.2 Å². The highest BCUT2D eigenvalue weighted by Crippen LogP contribution is 2.40. The van der Waals surface area contributed by atoms with E-state index in [1.165, 1.54) is 0 Å². The Hall–Kier alpha value is -2.86. The van der Waals surface area contributed by atoms with Crippen molar-refractivity contribution in [2.24, 2.45) is 0 Å². The number of thiocarbonyl (C=S) groups is 1. The summed E-state index contributed by atoms with van der Waals surface area (Å²) in [5.41, 5.74) is 3.08. The zero-order valence-electron chi connectivity index (χ0n) is 15.3. The number of hydrogen-bond donors (Lipinski definition) is 2. The maximum absolute atomic E-state index is 9.62. The normalized spacial score (nSPS) is 19.5. The number of rotatable bonds is 4. The van der Waals surface area contributed by atoms with Crippen molar-refractivity contribution in [1.82, 2.24) is 19.8 Å². The second-order valence-corrected chi connectivity index (χ2v) is 7.33. The van der Waals surface area contributed by atoms with Gasteiger partial charge in [0.1, 0.15) is 5.75 Å². The summed E-state index contributed by atoms with van der Waals surface area (Å²) >= 11 is 5.67. The van der Waals surface area contributed by atoms with E-state index in [2.05, 4.69) is 39.7 Å². The van der Waals surface area contributed by atoms with Crippen LogP contribution in [0.2, 0.25) is 0 Å². The molecule has 0 amide bonds. The van der Waals surface area contributed by atoms with E-state index in [1.54, 1.807) is 12.1 Å². The first-order chi connectivity index (χ1) is 13.1. The van der Waals surface area contributed by atoms with Crippen LogP contribution in [0.5, 0.6) is 5.75 Å². The van der Waals surface area contributed by atoms with Gasteiger partial charge in [-0.2, -0.15) is 0 Å². The van der Waals surface area contributed by atoms with E-state index >= 15 is 0 Å². The monoisotopic (exact) mass is 378 g/mol. The minimum atomic E-state index is -0.0353. The average Bonchev–Trinajstić information content (AvgIpc) is 3.27. The summed E-state index contributed by atoms with van der Waals surface area (Å²) in [7, 11) is 0. The second-order valence-electron chi connectivity index (χ2n) is 6.95. The number of phenolic OH excluding ortho intramolecular Hbond substituents is 1. The van der Waals surface area contributed by atoms with Crippen molar-refractivity contribution in [2.45, 2.75) is 32.0 Å². The van der Waals surface area contributed by atoms with Crippen LogP contribution >= 0.6 is 12.2 Å². The third-order valence-electron chi connectivity index (χ3n) is 4.90. The smallest absolute Gasteiger partial charge is 0.170 e. The minimum Gasteiger partial charge on any atom is -0.508 e. The van der Waals surface area contributed by atoms with Crippen LogP contribution in [0, 0.1) is 0 Å². The van der Waals surface area contributed by atoms with E-state index in [-0.39, 0.29) is 23.9 Å². The number of hydrogen-bond acceptors (Lipinski definition) is 3. The number of nitrogens with zero attached hydrogens (tertiary/aromatic N) is 3. The average molecular weight is 379 g/mol. The number of aromatic nitrogens is 2. The predicted molar refractivity (Wildman–Crippen MR) is 110 cm³/mol. The first-order valence-corrected chi connectivity index (χ1v) is 9.43. The van der Waals surface area contributed by atoms with Gasteiger partial charge in [0.2, 0.25) is 0 Å². The topological polar surface area (TPSA) is 53.3 Å². The molecule has 0 aliphatic carbocycles. The van der Waals surface area contributed by atoms with Crippen LogP contribution in [0.25, 0.3) is 5.69 Å². The summed E-state index contributed by atoms with van der Waals surface area (Å²) in [6, 6.07) is 17.6. The van der Waals surface area contributed by atoms with Gasteiger partial charge in [-0.25, -0.2) is 0 Å². The van der Waals surface area contributed by atoms with Crippen LogP contribution in [0.1, 0.15) is 37.3 Å². The molecule has 3 aromatic rings. The van der Waals surface area contributed by atoms with Gasteiger partial charge in [0.15, 0.2) is 5.11 Å². The van der Waals surface area contributed by atoms with Gasteiger partial charge < -0.3 is 19.9 Å². The van der Waals surface area contributed by atoms with Gasteiger partial charge in [0.25, 0.3) is 0 Å². The molecule has 2 atom stereocenters. The fourth-order valence-corrected chi connectivity index (χ4v) is 4.17. The van der Waals surface area contributed by atoms with Crippen molar-refractivity contribution in [3.63, 3.8) is 0 Å². The van der Waals surface area contributed by atoms with Gasteiger partial charge in [-0.05, 0) is 74.6 Å². The van der Waals surface area contributed by atoms with E-state index in [0.29, 0.717) is 0 Å². The van der Waals surface area contributed by atoms with Crippen LogP contribution in [0.15, 0.2) is 67.0 Å². The Morgan fingerprint density at radius 3 is 2.52 bits per heavy atom. The van der Waals surface area contributed by atoms with Gasteiger partial charge in [-0.1, -0.05) is 6.07 Å². The van der Waals surface area contributed by atoms with Crippen molar-refractivity contribution in [1.29, 1.82) is 0 Å². The minimum absolute atomic E-state index is 0.0104. The van der Waals surface area contributed by atoms with Crippen LogP contribution < -0.4 is 5.32 Å². The van der Waals surface area contributed by atoms with E-state index < -0.39 is 0 Å². The van der Waals surface area contributed by atoms with Crippen LogP contribution in [-0.4, -0.2) is 30.7 Å². The maximum atomic E-state index is 9.62. The molecule has 0 bridgehead atoms. The molecule has 27 heavy (non-hydrogen) atoms. The molecule has 6 heteroatoms. The fraction of sp³-hybridized carbons (Fsp3) is 0.238. The Balaban J connectivity index is 1.82. The molecule has 138 valence electrons.